The van der Waals surface area contributed by atoms with Gasteiger partial charge in [-0.05, 0) is 18.6 Å². The predicted octanol–water partition coefficient (Wildman–Crippen LogP) is 2.55. The zero-order valence-electron chi connectivity index (χ0n) is 11.5. The van der Waals surface area contributed by atoms with E-state index in [4.69, 9.17) is 5.73 Å². The predicted molar refractivity (Wildman–Crippen MR) is 83.2 cm³/mol. The molecule has 0 fully saturated rings. The zero-order chi connectivity index (χ0) is 14.1. The van der Waals surface area contributed by atoms with Crippen LogP contribution in [0.1, 0.15) is 24.4 Å². The molecule has 0 saturated carbocycles. The van der Waals surface area contributed by atoms with Crippen molar-refractivity contribution in [3.05, 3.63) is 52.5 Å². The summed E-state index contributed by atoms with van der Waals surface area (Å²) in [6.45, 7) is 4.89. The quantitative estimate of drug-likeness (QED) is 0.938. The van der Waals surface area contributed by atoms with Crippen LogP contribution in [-0.2, 0) is 13.1 Å². The second kappa shape index (κ2) is 5.68. The second-order valence-electron chi connectivity index (χ2n) is 5.33. The van der Waals surface area contributed by atoms with E-state index in [0.29, 0.717) is 0 Å². The number of halogens is 1. The van der Waals surface area contributed by atoms with Crippen LogP contribution in [0.15, 0.2) is 41.1 Å². The smallest absolute Gasteiger partial charge is 0.122 e. The number of rotatable bonds is 3. The lowest BCUT2D eigenvalue weighted by Gasteiger charge is -2.37. The minimum absolute atomic E-state index is 0.0650. The van der Waals surface area contributed by atoms with Crippen molar-refractivity contribution < 1.29 is 0 Å². The summed E-state index contributed by atoms with van der Waals surface area (Å²) >= 11 is 3.65. The molecule has 2 heterocycles. The third kappa shape index (κ3) is 2.53. The van der Waals surface area contributed by atoms with Gasteiger partial charge < -0.3 is 10.3 Å². The Morgan fingerprint density at radius 1 is 1.30 bits per heavy atom. The first kappa shape index (κ1) is 13.8. The zero-order valence-corrected chi connectivity index (χ0v) is 13.1. The molecular formula is C15H19BrN4. The first-order chi connectivity index (χ1) is 9.66. The summed E-state index contributed by atoms with van der Waals surface area (Å²) < 4.78 is 3.34. The van der Waals surface area contributed by atoms with Crippen LogP contribution in [0.25, 0.3) is 0 Å². The Morgan fingerprint density at radius 2 is 2.10 bits per heavy atom. The molecule has 0 saturated heterocycles. The van der Waals surface area contributed by atoms with E-state index in [2.05, 4.69) is 55.5 Å². The molecule has 20 heavy (non-hydrogen) atoms. The summed E-state index contributed by atoms with van der Waals surface area (Å²) in [5.41, 5.74) is 7.53. The summed E-state index contributed by atoms with van der Waals surface area (Å²) in [6, 6.07) is 8.61. The molecule has 0 radical (unpaired) electrons. The van der Waals surface area contributed by atoms with Crippen LogP contribution in [0, 0.1) is 0 Å². The number of nitrogens with two attached hydrogens (primary N) is 1. The van der Waals surface area contributed by atoms with Gasteiger partial charge in [0.1, 0.15) is 5.82 Å². The van der Waals surface area contributed by atoms with Crippen LogP contribution in [-0.4, -0.2) is 27.0 Å². The average molecular weight is 335 g/mol. The van der Waals surface area contributed by atoms with Crippen molar-refractivity contribution in [2.75, 3.05) is 6.54 Å². The fourth-order valence-electron chi connectivity index (χ4n) is 2.96. The highest BCUT2D eigenvalue weighted by Gasteiger charge is 2.28. The number of imidazole rings is 1. The van der Waals surface area contributed by atoms with Crippen molar-refractivity contribution in [1.82, 2.24) is 14.5 Å². The number of nitrogens with zero attached hydrogens (tertiary/aromatic N) is 3. The van der Waals surface area contributed by atoms with Gasteiger partial charge in [-0.2, -0.15) is 0 Å². The average Bonchev–Trinajstić information content (AvgIpc) is 2.88. The Kier molecular flexibility index (Phi) is 3.92. The fourth-order valence-corrected chi connectivity index (χ4v) is 3.48. The van der Waals surface area contributed by atoms with E-state index in [1.807, 2.05) is 18.5 Å². The molecule has 0 amide bonds. The minimum atomic E-state index is 0.0650. The lowest BCUT2D eigenvalue weighted by atomic mass is 9.98. The first-order valence-corrected chi connectivity index (χ1v) is 7.70. The van der Waals surface area contributed by atoms with Crippen molar-refractivity contribution in [1.29, 1.82) is 0 Å². The normalized spacial score (nSPS) is 18.6. The summed E-state index contributed by atoms with van der Waals surface area (Å²) in [5, 5.41) is 0. The number of benzene rings is 1. The van der Waals surface area contributed by atoms with Crippen LogP contribution >= 0.6 is 15.9 Å². The molecule has 2 unspecified atom stereocenters. The minimum Gasteiger partial charge on any atom is -0.333 e. The Hall–Kier alpha value is -1.17. The molecule has 0 aliphatic carbocycles. The van der Waals surface area contributed by atoms with Crippen molar-refractivity contribution in [3.8, 4) is 0 Å². The highest BCUT2D eigenvalue weighted by atomic mass is 79.9. The molecule has 4 nitrogen and oxygen atoms in total. The van der Waals surface area contributed by atoms with E-state index in [0.717, 1.165) is 29.9 Å². The monoisotopic (exact) mass is 334 g/mol. The number of fused-ring (bicyclic) bond motifs is 1. The third-order valence-electron chi connectivity index (χ3n) is 3.89. The van der Waals surface area contributed by atoms with Gasteiger partial charge in [-0.15, -0.1) is 0 Å². The molecule has 2 N–H and O–H groups in total. The lowest BCUT2D eigenvalue weighted by molar-refractivity contribution is 0.135. The van der Waals surface area contributed by atoms with Gasteiger partial charge >= 0.3 is 0 Å². The molecule has 1 aliphatic rings. The third-order valence-corrected chi connectivity index (χ3v) is 4.61. The summed E-state index contributed by atoms with van der Waals surface area (Å²) in [6.07, 6.45) is 3.92. The first-order valence-electron chi connectivity index (χ1n) is 6.91. The van der Waals surface area contributed by atoms with Gasteiger partial charge in [0.25, 0.3) is 0 Å². The van der Waals surface area contributed by atoms with Gasteiger partial charge in [0, 0.05) is 36.0 Å². The molecule has 0 spiro atoms. The molecule has 0 bridgehead atoms. The maximum Gasteiger partial charge on any atom is 0.122 e. The number of hydrogen-bond donors (Lipinski definition) is 1. The Bertz CT molecular complexity index is 593. The Labute approximate surface area is 127 Å². The van der Waals surface area contributed by atoms with E-state index in [1.54, 1.807) is 0 Å². The van der Waals surface area contributed by atoms with Crippen LogP contribution in [0.4, 0.5) is 0 Å². The fraction of sp³-hybridized carbons (Fsp3) is 0.400. The molecule has 2 aromatic rings. The number of aromatic nitrogens is 2. The molecule has 1 aromatic heterocycles. The summed E-state index contributed by atoms with van der Waals surface area (Å²) in [5.74, 6) is 1.12. The van der Waals surface area contributed by atoms with Crippen LogP contribution in [0.5, 0.6) is 0 Å². The summed E-state index contributed by atoms with van der Waals surface area (Å²) in [4.78, 5) is 6.86. The Morgan fingerprint density at radius 3 is 2.85 bits per heavy atom. The maximum atomic E-state index is 6.27. The SMILES string of the molecule is CC(N)C(c1ccccc1Br)N1CCn2ccnc2C1. The lowest BCUT2D eigenvalue weighted by Crippen LogP contribution is -2.43. The molecule has 1 aliphatic heterocycles. The van der Waals surface area contributed by atoms with Crippen molar-refractivity contribution >= 4 is 15.9 Å². The van der Waals surface area contributed by atoms with Gasteiger partial charge in [-0.25, -0.2) is 4.98 Å². The Balaban J connectivity index is 1.91. The standard InChI is InChI=1S/C15H19BrN4/c1-11(17)15(12-4-2-3-5-13(12)16)20-9-8-19-7-6-18-14(19)10-20/h2-7,11,15H,8-10,17H2,1H3. The number of hydrogen-bond acceptors (Lipinski definition) is 3. The molecule has 5 heteroatoms. The van der Waals surface area contributed by atoms with Crippen LogP contribution < -0.4 is 5.73 Å². The van der Waals surface area contributed by atoms with Gasteiger partial charge in [-0.1, -0.05) is 34.1 Å². The van der Waals surface area contributed by atoms with Gasteiger partial charge in [0.2, 0.25) is 0 Å². The highest BCUT2D eigenvalue weighted by molar-refractivity contribution is 9.10. The summed E-state index contributed by atoms with van der Waals surface area (Å²) in [7, 11) is 0. The van der Waals surface area contributed by atoms with E-state index >= 15 is 0 Å². The van der Waals surface area contributed by atoms with Crippen LogP contribution in [0.3, 0.4) is 0 Å². The van der Waals surface area contributed by atoms with Crippen molar-refractivity contribution in [2.45, 2.75) is 32.1 Å². The molecule has 2 atom stereocenters. The topological polar surface area (TPSA) is 47.1 Å². The van der Waals surface area contributed by atoms with Gasteiger partial charge in [-0.3, -0.25) is 4.90 Å². The molecule has 3 rings (SSSR count). The van der Waals surface area contributed by atoms with E-state index in [1.165, 1.54) is 5.56 Å². The van der Waals surface area contributed by atoms with Crippen molar-refractivity contribution in [2.24, 2.45) is 5.73 Å². The van der Waals surface area contributed by atoms with E-state index in [9.17, 15) is 0 Å². The van der Waals surface area contributed by atoms with Gasteiger partial charge in [0.15, 0.2) is 0 Å². The molecule has 106 valence electrons. The van der Waals surface area contributed by atoms with Crippen LogP contribution in [0.2, 0.25) is 0 Å². The highest BCUT2D eigenvalue weighted by Crippen LogP contribution is 2.31. The molecule has 1 aromatic carbocycles. The molecular weight excluding hydrogens is 316 g/mol. The maximum absolute atomic E-state index is 6.27. The second-order valence-corrected chi connectivity index (χ2v) is 6.19. The van der Waals surface area contributed by atoms with Crippen molar-refractivity contribution in [3.63, 3.8) is 0 Å². The van der Waals surface area contributed by atoms with E-state index < -0.39 is 0 Å². The van der Waals surface area contributed by atoms with Gasteiger partial charge in [0.05, 0.1) is 12.6 Å². The largest absolute Gasteiger partial charge is 0.333 e. The van der Waals surface area contributed by atoms with E-state index in [-0.39, 0.29) is 12.1 Å².